The molecule has 0 aromatic heterocycles. The standard InChI is InChI=1S/C19H27N3O3/c1-9-11-2-12-15(20)21-14(16(23)22(12)13(9)11)17-3-10-4-18(24,6-17)8-19(25,5-10)7-17/h9-14,24-25H,2-8H2,1H3,(H2,20,21)/t9-,10?,11+,12?,13-,14?,17?,18?,19?/m0/s1. The molecule has 7 aliphatic rings. The van der Waals surface area contributed by atoms with Crippen molar-refractivity contribution in [2.24, 2.45) is 33.9 Å². The van der Waals surface area contributed by atoms with Gasteiger partial charge in [0.1, 0.15) is 11.9 Å². The summed E-state index contributed by atoms with van der Waals surface area (Å²) >= 11 is 0. The Kier molecular flexibility index (Phi) is 2.43. The number of hydrogen-bond donors (Lipinski definition) is 3. The summed E-state index contributed by atoms with van der Waals surface area (Å²) in [5.41, 5.74) is 4.22. The van der Waals surface area contributed by atoms with E-state index in [1.165, 1.54) is 0 Å². The van der Waals surface area contributed by atoms with Gasteiger partial charge in [-0.1, -0.05) is 6.92 Å². The van der Waals surface area contributed by atoms with E-state index in [9.17, 15) is 15.0 Å². The maximum absolute atomic E-state index is 13.5. The largest absolute Gasteiger partial charge is 0.390 e. The molecule has 0 radical (unpaired) electrons. The summed E-state index contributed by atoms with van der Waals surface area (Å²) in [5.74, 6) is 2.13. The van der Waals surface area contributed by atoms with Crippen LogP contribution in [0.4, 0.5) is 0 Å². The number of piperidine rings is 1. The number of aliphatic imine (C=N–C) groups is 1. The summed E-state index contributed by atoms with van der Waals surface area (Å²) in [6, 6.07) is -0.207. The maximum atomic E-state index is 13.5. The molecular weight excluding hydrogens is 318 g/mol. The van der Waals surface area contributed by atoms with Crippen LogP contribution in [0.3, 0.4) is 0 Å². The van der Waals surface area contributed by atoms with Gasteiger partial charge in [-0.05, 0) is 56.3 Å². The predicted molar refractivity (Wildman–Crippen MR) is 90.6 cm³/mol. The van der Waals surface area contributed by atoms with Crippen LogP contribution in [0, 0.1) is 23.2 Å². The average Bonchev–Trinajstić information content (AvgIpc) is 2.91. The first-order valence-corrected chi connectivity index (χ1v) is 9.83. The van der Waals surface area contributed by atoms with E-state index in [1.807, 2.05) is 4.90 Å². The lowest BCUT2D eigenvalue weighted by Crippen LogP contribution is -2.69. The molecule has 5 saturated carbocycles. The first-order chi connectivity index (χ1) is 11.7. The van der Waals surface area contributed by atoms with Crippen molar-refractivity contribution in [2.75, 3.05) is 0 Å². The Morgan fingerprint density at radius 1 is 1.16 bits per heavy atom. The van der Waals surface area contributed by atoms with E-state index < -0.39 is 22.7 Å². The monoisotopic (exact) mass is 345 g/mol. The summed E-state index contributed by atoms with van der Waals surface area (Å²) in [7, 11) is 0. The smallest absolute Gasteiger partial charge is 0.248 e. The second kappa shape index (κ2) is 4.06. The second-order valence-electron chi connectivity index (χ2n) is 10.3. The minimum absolute atomic E-state index is 0.0185. The second-order valence-corrected chi connectivity index (χ2v) is 10.3. The molecule has 6 heteroatoms. The van der Waals surface area contributed by atoms with Crippen LogP contribution in [0.15, 0.2) is 4.99 Å². The highest BCUT2D eigenvalue weighted by Gasteiger charge is 2.69. The van der Waals surface area contributed by atoms with Crippen LogP contribution < -0.4 is 5.73 Å². The molecule has 0 aromatic carbocycles. The van der Waals surface area contributed by atoms with Gasteiger partial charge in [0.25, 0.3) is 0 Å². The van der Waals surface area contributed by atoms with Gasteiger partial charge in [0, 0.05) is 17.9 Å². The van der Waals surface area contributed by atoms with Gasteiger partial charge in [0.05, 0.1) is 17.2 Å². The number of hydrogen-bond acceptors (Lipinski definition) is 5. The first-order valence-electron chi connectivity index (χ1n) is 9.83. The molecule has 136 valence electrons. The van der Waals surface area contributed by atoms with Crippen molar-refractivity contribution in [3.63, 3.8) is 0 Å². The van der Waals surface area contributed by atoms with E-state index in [0.29, 0.717) is 48.9 Å². The number of amidine groups is 1. The fourth-order valence-electron chi connectivity index (χ4n) is 8.02. The lowest BCUT2D eigenvalue weighted by Gasteiger charge is -2.64. The molecule has 0 spiro atoms. The van der Waals surface area contributed by atoms with Crippen LogP contribution in [-0.2, 0) is 4.79 Å². The normalized spacial score (nSPS) is 61.2. The molecule has 2 heterocycles. The number of amides is 1. The fraction of sp³-hybridized carbons (Fsp3) is 0.895. The van der Waals surface area contributed by atoms with E-state index in [0.717, 1.165) is 25.7 Å². The Bertz CT molecular complexity index is 703. The van der Waals surface area contributed by atoms with Gasteiger partial charge < -0.3 is 20.8 Å². The van der Waals surface area contributed by atoms with Gasteiger partial charge in [-0.15, -0.1) is 0 Å². The summed E-state index contributed by atoms with van der Waals surface area (Å²) in [6.07, 6.45) is 4.95. The Hall–Kier alpha value is -1.14. The highest BCUT2D eigenvalue weighted by atomic mass is 16.3. The van der Waals surface area contributed by atoms with E-state index in [2.05, 4.69) is 6.92 Å². The van der Waals surface area contributed by atoms with Crippen LogP contribution in [0.25, 0.3) is 0 Å². The fourth-order valence-corrected chi connectivity index (χ4v) is 8.02. The van der Waals surface area contributed by atoms with E-state index in [-0.39, 0.29) is 11.9 Å². The Balaban J connectivity index is 1.42. The van der Waals surface area contributed by atoms with Gasteiger partial charge >= 0.3 is 0 Å². The molecule has 4 N–H and O–H groups in total. The van der Waals surface area contributed by atoms with Crippen LogP contribution in [0.5, 0.6) is 0 Å². The Morgan fingerprint density at radius 3 is 2.48 bits per heavy atom. The predicted octanol–water partition coefficient (Wildman–Crippen LogP) is 0.407. The first kappa shape index (κ1) is 15.0. The van der Waals surface area contributed by atoms with Crippen molar-refractivity contribution in [1.29, 1.82) is 0 Å². The number of nitrogens with zero attached hydrogens (tertiary/aromatic N) is 2. The minimum atomic E-state index is -0.837. The molecule has 6 fully saturated rings. The van der Waals surface area contributed by atoms with Gasteiger partial charge in [0.15, 0.2) is 0 Å². The van der Waals surface area contributed by atoms with Crippen molar-refractivity contribution in [2.45, 2.75) is 81.2 Å². The van der Waals surface area contributed by atoms with Crippen LogP contribution in [0.1, 0.15) is 51.9 Å². The molecular formula is C19H27N3O3. The number of nitrogens with two attached hydrogens (primary N) is 1. The molecule has 1 amide bonds. The molecule has 4 unspecified atom stereocenters. The molecule has 2 aliphatic heterocycles. The molecule has 7 atom stereocenters. The molecule has 6 nitrogen and oxygen atoms in total. The van der Waals surface area contributed by atoms with Crippen molar-refractivity contribution < 1.29 is 15.0 Å². The molecule has 1 saturated heterocycles. The minimum Gasteiger partial charge on any atom is -0.390 e. The van der Waals surface area contributed by atoms with Gasteiger partial charge in [-0.3, -0.25) is 9.79 Å². The van der Waals surface area contributed by atoms with Gasteiger partial charge in [0.2, 0.25) is 5.91 Å². The molecule has 4 bridgehead atoms. The third kappa shape index (κ3) is 1.73. The highest BCUT2D eigenvalue weighted by Crippen LogP contribution is 2.65. The average molecular weight is 345 g/mol. The molecule has 7 rings (SSSR count). The van der Waals surface area contributed by atoms with Crippen molar-refractivity contribution in [1.82, 2.24) is 4.90 Å². The van der Waals surface area contributed by atoms with Crippen LogP contribution >= 0.6 is 0 Å². The van der Waals surface area contributed by atoms with Crippen LogP contribution in [-0.4, -0.2) is 56.2 Å². The SMILES string of the molecule is C[C@H]1[C@H]2CC3C(N)=NC(C45CC6CC(O)(CC(O)(C6)C4)C5)C(=O)N3[C@@H]12. The van der Waals surface area contributed by atoms with E-state index in [1.54, 1.807) is 0 Å². The summed E-state index contributed by atoms with van der Waals surface area (Å²) in [5, 5.41) is 22.1. The molecule has 5 aliphatic carbocycles. The lowest BCUT2D eigenvalue weighted by atomic mass is 9.44. The summed E-state index contributed by atoms with van der Waals surface area (Å²) < 4.78 is 0. The zero-order valence-corrected chi connectivity index (χ0v) is 14.7. The summed E-state index contributed by atoms with van der Waals surface area (Å²) in [6.45, 7) is 2.21. The Morgan fingerprint density at radius 2 is 1.84 bits per heavy atom. The summed E-state index contributed by atoms with van der Waals surface area (Å²) in [4.78, 5) is 20.2. The maximum Gasteiger partial charge on any atom is 0.248 e. The zero-order chi connectivity index (χ0) is 17.4. The lowest BCUT2D eigenvalue weighted by molar-refractivity contribution is -0.234. The molecule has 25 heavy (non-hydrogen) atoms. The number of carbonyl (C=O) groups excluding carboxylic acids is 1. The van der Waals surface area contributed by atoms with E-state index >= 15 is 0 Å². The molecule has 0 aromatic rings. The third-order valence-corrected chi connectivity index (χ3v) is 8.41. The Labute approximate surface area is 147 Å². The number of rotatable bonds is 1. The van der Waals surface area contributed by atoms with E-state index in [4.69, 9.17) is 10.7 Å². The third-order valence-electron chi connectivity index (χ3n) is 8.41. The number of aliphatic hydroxyl groups is 2. The van der Waals surface area contributed by atoms with Crippen molar-refractivity contribution in [3.8, 4) is 0 Å². The number of carbonyl (C=O) groups is 1. The van der Waals surface area contributed by atoms with Crippen molar-refractivity contribution >= 4 is 11.7 Å². The topological polar surface area (TPSA) is 99.1 Å². The number of fused-ring (bicyclic) bond motifs is 3. The van der Waals surface area contributed by atoms with Gasteiger partial charge in [-0.2, -0.15) is 0 Å². The van der Waals surface area contributed by atoms with Crippen LogP contribution in [0.2, 0.25) is 0 Å². The zero-order valence-electron chi connectivity index (χ0n) is 14.7. The van der Waals surface area contributed by atoms with Crippen molar-refractivity contribution in [3.05, 3.63) is 0 Å². The highest BCUT2D eigenvalue weighted by molar-refractivity contribution is 5.99. The quantitative estimate of drug-likeness (QED) is 0.641. The van der Waals surface area contributed by atoms with Gasteiger partial charge in [-0.25, -0.2) is 0 Å².